The molecule has 0 aromatic rings. The van der Waals surface area contributed by atoms with Crippen molar-refractivity contribution >= 4 is 50.6 Å². The fourth-order valence-corrected chi connectivity index (χ4v) is 2.16. The van der Waals surface area contributed by atoms with Crippen LogP contribution < -0.4 is 16.0 Å². The predicted octanol–water partition coefficient (Wildman–Crippen LogP) is -2.36. The first-order valence-corrected chi connectivity index (χ1v) is 7.60. The van der Waals surface area contributed by atoms with Crippen LogP contribution in [0.25, 0.3) is 0 Å². The van der Waals surface area contributed by atoms with E-state index in [4.69, 9.17) is 5.11 Å². The Labute approximate surface area is 135 Å². The number of aliphatic carboxylic acids is 1. The fraction of sp³-hybridized carbons (Fsp3) is 0.636. The van der Waals surface area contributed by atoms with Crippen molar-refractivity contribution in [1.29, 1.82) is 0 Å². The van der Waals surface area contributed by atoms with E-state index in [0.717, 1.165) is 0 Å². The third-order valence-corrected chi connectivity index (χ3v) is 3.52. The number of hydrogen-bond acceptors (Lipinski definition) is 6. The average Bonchev–Trinajstić information content (AvgIpc) is 2.42. The molecule has 0 saturated carbocycles. The summed E-state index contributed by atoms with van der Waals surface area (Å²) in [6, 6.07) is -1.26. The SMILES string of the molecule is CN[C@@H](CCC(=O)N[C@@H](CS)C(=O)NCC(=O)O)C(O)=[Se]. The molecule has 0 unspecified atom stereocenters. The summed E-state index contributed by atoms with van der Waals surface area (Å²) in [7, 11) is 1.64. The standard InChI is InChI=1S/C11H19N3O5SSe/c1-12-6(11(19)21)2-3-8(15)14-7(5-20)10(18)13-4-9(16)17/h6-7,12,20H,2-5H2,1H3,(H,13,18)(H,14,15)(H,16,17)(H,19,21)/t6-,7-/m0/s1. The van der Waals surface area contributed by atoms with Gasteiger partial charge in [-0.25, -0.2) is 0 Å². The van der Waals surface area contributed by atoms with E-state index in [1.807, 2.05) is 0 Å². The molecule has 0 aliphatic carbocycles. The Morgan fingerprint density at radius 3 is 2.29 bits per heavy atom. The summed E-state index contributed by atoms with van der Waals surface area (Å²) in [4.78, 5) is 33.7. The molecule has 8 nitrogen and oxygen atoms in total. The van der Waals surface area contributed by atoms with Gasteiger partial charge in [-0.05, 0) is 0 Å². The van der Waals surface area contributed by atoms with Crippen molar-refractivity contribution < 1.29 is 24.6 Å². The number of carbonyl (C=O) groups is 3. The van der Waals surface area contributed by atoms with Crippen LogP contribution in [0.5, 0.6) is 0 Å². The molecule has 0 fully saturated rings. The number of carboxylic acids is 1. The van der Waals surface area contributed by atoms with Crippen LogP contribution in [0.15, 0.2) is 0 Å². The van der Waals surface area contributed by atoms with Crippen LogP contribution in [-0.2, 0) is 14.4 Å². The van der Waals surface area contributed by atoms with Gasteiger partial charge < -0.3 is 0 Å². The zero-order valence-corrected chi connectivity index (χ0v) is 14.1. The van der Waals surface area contributed by atoms with Gasteiger partial charge in [0.15, 0.2) is 0 Å². The molecule has 0 heterocycles. The molecule has 0 rings (SSSR count). The summed E-state index contributed by atoms with van der Waals surface area (Å²) in [5, 5.41) is 25.2. The van der Waals surface area contributed by atoms with Crippen molar-refractivity contribution in [3.05, 3.63) is 0 Å². The van der Waals surface area contributed by atoms with Crippen LogP contribution in [-0.4, -0.2) is 79.6 Å². The summed E-state index contributed by atoms with van der Waals surface area (Å²) >= 11 is 6.41. The second-order valence-electron chi connectivity index (χ2n) is 4.13. The van der Waals surface area contributed by atoms with Gasteiger partial charge in [0.25, 0.3) is 0 Å². The van der Waals surface area contributed by atoms with Gasteiger partial charge in [-0.2, -0.15) is 0 Å². The van der Waals surface area contributed by atoms with E-state index in [1.165, 1.54) is 0 Å². The summed E-state index contributed by atoms with van der Waals surface area (Å²) in [6.07, 6.45) is 0.435. The number of carbonyl (C=O) groups excluding carboxylic acids is 2. The van der Waals surface area contributed by atoms with Crippen LogP contribution in [0.2, 0.25) is 0 Å². The number of aliphatic hydroxyl groups is 1. The van der Waals surface area contributed by atoms with Gasteiger partial charge in [0.05, 0.1) is 0 Å². The molecule has 0 aliphatic heterocycles. The number of hydrogen-bond donors (Lipinski definition) is 6. The Morgan fingerprint density at radius 2 is 1.86 bits per heavy atom. The van der Waals surface area contributed by atoms with Crippen LogP contribution in [0.1, 0.15) is 12.8 Å². The molecule has 0 aliphatic rings. The molecule has 0 aromatic heterocycles. The first-order chi connectivity index (χ1) is 9.81. The van der Waals surface area contributed by atoms with Crippen molar-refractivity contribution in [3.8, 4) is 0 Å². The average molecular weight is 384 g/mol. The quantitative estimate of drug-likeness (QED) is 0.185. The normalized spacial score (nSPS) is 13.0. The molecule has 0 radical (unpaired) electrons. The molecule has 5 N–H and O–H groups in total. The Bertz CT molecular complexity index is 407. The Morgan fingerprint density at radius 1 is 1.24 bits per heavy atom. The molecule has 0 bridgehead atoms. The van der Waals surface area contributed by atoms with Gasteiger partial charge in [-0.3, -0.25) is 0 Å². The summed E-state index contributed by atoms with van der Waals surface area (Å²) in [5.74, 6) is -2.12. The maximum atomic E-state index is 11.7. The second-order valence-corrected chi connectivity index (χ2v) is 5.38. The molecule has 21 heavy (non-hydrogen) atoms. The summed E-state index contributed by atoms with van der Waals surface area (Å²) in [6.45, 7) is -0.519. The Kier molecular flexibility index (Phi) is 10.1. The van der Waals surface area contributed by atoms with Crippen molar-refractivity contribution in [2.24, 2.45) is 0 Å². The van der Waals surface area contributed by atoms with Gasteiger partial charge >= 0.3 is 135 Å². The van der Waals surface area contributed by atoms with E-state index in [-0.39, 0.29) is 28.7 Å². The fourth-order valence-electron chi connectivity index (χ4n) is 1.41. The van der Waals surface area contributed by atoms with E-state index in [9.17, 15) is 19.5 Å². The molecule has 2 amide bonds. The molecule has 0 aromatic carbocycles. The number of likely N-dealkylation sites (N-methyl/N-ethyl adjacent to an activating group) is 1. The Balaban J connectivity index is 4.29. The van der Waals surface area contributed by atoms with Crippen molar-refractivity contribution in [2.45, 2.75) is 24.9 Å². The van der Waals surface area contributed by atoms with Gasteiger partial charge in [0.1, 0.15) is 0 Å². The van der Waals surface area contributed by atoms with Crippen LogP contribution in [0.4, 0.5) is 0 Å². The summed E-state index contributed by atoms with van der Waals surface area (Å²) < 4.78 is 0.0512. The van der Waals surface area contributed by atoms with Gasteiger partial charge in [0.2, 0.25) is 0 Å². The van der Waals surface area contributed by atoms with Crippen LogP contribution in [0.3, 0.4) is 0 Å². The van der Waals surface area contributed by atoms with Gasteiger partial charge in [-0.1, -0.05) is 0 Å². The zero-order chi connectivity index (χ0) is 16.4. The third-order valence-electron chi connectivity index (χ3n) is 2.55. The third kappa shape index (κ3) is 8.71. The van der Waals surface area contributed by atoms with Crippen molar-refractivity contribution in [2.75, 3.05) is 19.3 Å². The first-order valence-electron chi connectivity index (χ1n) is 6.11. The van der Waals surface area contributed by atoms with E-state index in [0.29, 0.717) is 6.42 Å². The molecular formula is C11H19N3O5SSe. The van der Waals surface area contributed by atoms with Gasteiger partial charge in [-0.15, -0.1) is 0 Å². The first kappa shape index (κ1) is 19.9. The number of rotatable bonds is 10. The van der Waals surface area contributed by atoms with E-state index < -0.39 is 24.5 Å². The summed E-state index contributed by atoms with van der Waals surface area (Å²) in [5.41, 5.74) is 0. The predicted molar refractivity (Wildman–Crippen MR) is 81.2 cm³/mol. The molecule has 10 heteroatoms. The monoisotopic (exact) mass is 385 g/mol. The van der Waals surface area contributed by atoms with E-state index >= 15 is 0 Å². The maximum absolute atomic E-state index is 11.7. The number of carboxylic acid groups (broad SMARTS) is 1. The van der Waals surface area contributed by atoms with E-state index in [1.54, 1.807) is 7.05 Å². The van der Waals surface area contributed by atoms with Crippen molar-refractivity contribution in [1.82, 2.24) is 16.0 Å². The Hall–Kier alpha value is -1.09. The number of amides is 2. The van der Waals surface area contributed by atoms with Crippen LogP contribution >= 0.6 is 12.6 Å². The number of thiol groups is 1. The number of nitrogens with one attached hydrogen (secondary N) is 3. The molecule has 120 valence electrons. The molecule has 0 saturated heterocycles. The molecule has 2 atom stereocenters. The second kappa shape index (κ2) is 10.6. The minimum atomic E-state index is -1.17. The zero-order valence-electron chi connectivity index (χ0n) is 11.5. The topological polar surface area (TPSA) is 128 Å². The van der Waals surface area contributed by atoms with Gasteiger partial charge in [0, 0.05) is 0 Å². The van der Waals surface area contributed by atoms with Crippen molar-refractivity contribution in [3.63, 3.8) is 0 Å². The van der Waals surface area contributed by atoms with Crippen LogP contribution in [0, 0.1) is 0 Å². The van der Waals surface area contributed by atoms with E-state index in [2.05, 4.69) is 44.2 Å². The minimum absolute atomic E-state index is 0.0472. The molecular weight excluding hydrogens is 365 g/mol. The molecule has 0 spiro atoms. The number of aliphatic hydroxyl groups excluding tert-OH is 1.